The average molecular weight is 135 g/mol. The van der Waals surface area contributed by atoms with E-state index in [0.29, 0.717) is 0 Å². The van der Waals surface area contributed by atoms with Crippen LogP contribution in [0.1, 0.15) is 0 Å². The summed E-state index contributed by atoms with van der Waals surface area (Å²) in [4.78, 5) is 10.3. The van der Waals surface area contributed by atoms with E-state index in [4.69, 9.17) is 0 Å². The van der Waals surface area contributed by atoms with Crippen LogP contribution in [-0.4, -0.2) is 20.6 Å². The van der Waals surface area contributed by atoms with Gasteiger partial charge in [-0.25, -0.2) is 4.52 Å². The molecule has 0 aliphatic rings. The lowest BCUT2D eigenvalue weighted by atomic mass is 10.6. The number of nitrogens with zero attached hydrogens (tertiary/aromatic N) is 3. The van der Waals surface area contributed by atoms with Gasteiger partial charge in [0.15, 0.2) is 0 Å². The highest BCUT2D eigenvalue weighted by molar-refractivity contribution is 5.61. The summed E-state index contributed by atoms with van der Waals surface area (Å²) in [6, 6.07) is 3.66. The van der Waals surface area contributed by atoms with Crippen molar-refractivity contribution < 1.29 is 4.79 Å². The van der Waals surface area contributed by atoms with Gasteiger partial charge >= 0.3 is 0 Å². The highest BCUT2D eigenvalue weighted by atomic mass is 16.1. The zero-order chi connectivity index (χ0) is 6.97. The highest BCUT2D eigenvalue weighted by Crippen LogP contribution is 1.99. The van der Waals surface area contributed by atoms with Crippen LogP contribution >= 0.6 is 0 Å². The van der Waals surface area contributed by atoms with Gasteiger partial charge in [-0.1, -0.05) is 0 Å². The normalized spacial score (nSPS) is 10.4. The fraction of sp³-hybridized carbons (Fsp3) is 0. The maximum atomic E-state index is 10.3. The van der Waals surface area contributed by atoms with E-state index in [1.807, 2.05) is 12.1 Å². The molecule has 0 saturated carbocycles. The molecule has 0 aromatic carbocycles. The molecule has 0 bridgehead atoms. The van der Waals surface area contributed by atoms with E-state index >= 15 is 0 Å². The van der Waals surface area contributed by atoms with E-state index in [-0.39, 0.29) is 0 Å². The van der Waals surface area contributed by atoms with Crippen molar-refractivity contribution in [2.24, 2.45) is 0 Å². The summed E-state index contributed by atoms with van der Waals surface area (Å²) in [5.74, 6) is 0. The molecule has 0 N–H and O–H groups in total. The summed E-state index contributed by atoms with van der Waals surface area (Å²) in [7, 11) is 0. The molecule has 50 valence electrons. The Bertz CT molecular complexity index is 360. The van der Waals surface area contributed by atoms with Crippen molar-refractivity contribution in [3.05, 3.63) is 24.7 Å². The number of hydrogen-bond donors (Lipinski definition) is 0. The average Bonchev–Trinajstić information content (AvgIpc) is 2.44. The summed E-state index contributed by atoms with van der Waals surface area (Å²) in [6.45, 7) is 0. The second kappa shape index (κ2) is 1.70. The Labute approximate surface area is 56.7 Å². The maximum Gasteiger partial charge on any atom is 0.220 e. The van der Waals surface area contributed by atoms with Crippen molar-refractivity contribution in [3.8, 4) is 0 Å². The van der Waals surface area contributed by atoms with Gasteiger partial charge in [-0.3, -0.25) is 9.36 Å². The zero-order valence-electron chi connectivity index (χ0n) is 5.14. The first-order valence-electron chi connectivity index (χ1n) is 2.87. The molecule has 0 saturated heterocycles. The first kappa shape index (κ1) is 5.22. The fourth-order valence-electron chi connectivity index (χ4n) is 0.917. The van der Waals surface area contributed by atoms with Gasteiger partial charge in [0.1, 0.15) is 12.0 Å². The first-order chi connectivity index (χ1) is 4.92. The van der Waals surface area contributed by atoms with Crippen molar-refractivity contribution >= 4 is 12.1 Å². The Morgan fingerprint density at radius 3 is 3.30 bits per heavy atom. The van der Waals surface area contributed by atoms with Gasteiger partial charge in [-0.05, 0) is 12.1 Å². The predicted molar refractivity (Wildman–Crippen MR) is 35.3 cm³/mol. The predicted octanol–water partition coefficient (Wildman–Crippen LogP) is 0.174. The number of hydrogen-bond acceptors (Lipinski definition) is 2. The number of fused-ring (bicyclic) bond motifs is 1. The molecule has 0 fully saturated rings. The van der Waals surface area contributed by atoms with Gasteiger partial charge < -0.3 is 0 Å². The number of carbonyl (C=O) groups is 1. The maximum absolute atomic E-state index is 10.3. The van der Waals surface area contributed by atoms with E-state index in [0.717, 1.165) is 12.1 Å². The summed E-state index contributed by atoms with van der Waals surface area (Å²) in [5, 5.41) is 3.90. The molecule has 0 unspecified atom stereocenters. The van der Waals surface area contributed by atoms with Crippen LogP contribution < -0.4 is 0 Å². The smallest absolute Gasteiger partial charge is 0.220 e. The van der Waals surface area contributed by atoms with Crippen molar-refractivity contribution in [1.29, 1.82) is 0 Å². The molecule has 0 spiro atoms. The second-order valence-corrected chi connectivity index (χ2v) is 1.95. The summed E-state index contributed by atoms with van der Waals surface area (Å²) >= 11 is 0. The molecule has 2 rings (SSSR count). The lowest BCUT2D eigenvalue weighted by Crippen LogP contribution is -1.90. The molecule has 4 heteroatoms. The van der Waals surface area contributed by atoms with Crippen molar-refractivity contribution in [2.75, 3.05) is 0 Å². The van der Waals surface area contributed by atoms with Crippen molar-refractivity contribution in [2.45, 2.75) is 0 Å². The molecule has 0 atom stereocenters. The topological polar surface area (TPSA) is 39.3 Å². The highest BCUT2D eigenvalue weighted by Gasteiger charge is 1.96. The minimum Gasteiger partial charge on any atom is -0.278 e. The molecule has 2 aromatic heterocycles. The van der Waals surface area contributed by atoms with Crippen LogP contribution in [0.2, 0.25) is 0 Å². The third-order valence-corrected chi connectivity index (χ3v) is 1.39. The van der Waals surface area contributed by atoms with Gasteiger partial charge in [0.05, 0.1) is 0 Å². The van der Waals surface area contributed by atoms with E-state index in [2.05, 4.69) is 5.10 Å². The minimum atomic E-state index is 0.725. The van der Waals surface area contributed by atoms with Gasteiger partial charge in [0.2, 0.25) is 6.41 Å². The van der Waals surface area contributed by atoms with Crippen LogP contribution in [0.3, 0.4) is 0 Å². The number of rotatable bonds is 1. The number of carbonyl (C=O) groups excluding carboxylic acids is 1. The van der Waals surface area contributed by atoms with Crippen LogP contribution in [-0.2, 0) is 4.79 Å². The quantitative estimate of drug-likeness (QED) is 0.523. The van der Waals surface area contributed by atoms with Crippen LogP contribution in [0, 0.1) is 0 Å². The molecule has 4 nitrogen and oxygen atoms in total. The molecule has 2 aromatic rings. The van der Waals surface area contributed by atoms with Crippen LogP contribution in [0.25, 0.3) is 5.65 Å². The molecule has 0 radical (unpaired) electrons. The summed E-state index contributed by atoms with van der Waals surface area (Å²) in [6.07, 6.45) is 3.99. The number of aromatic nitrogens is 3. The van der Waals surface area contributed by atoms with Gasteiger partial charge in [0, 0.05) is 6.20 Å². The summed E-state index contributed by atoms with van der Waals surface area (Å²) in [5.41, 5.74) is 0.787. The van der Waals surface area contributed by atoms with Crippen LogP contribution in [0.15, 0.2) is 24.7 Å². The summed E-state index contributed by atoms with van der Waals surface area (Å²) < 4.78 is 3.05. The van der Waals surface area contributed by atoms with E-state index in [1.165, 1.54) is 10.9 Å². The largest absolute Gasteiger partial charge is 0.278 e. The van der Waals surface area contributed by atoms with Crippen LogP contribution in [0.4, 0.5) is 0 Å². The Morgan fingerprint density at radius 1 is 1.60 bits per heavy atom. The molecular weight excluding hydrogens is 130 g/mol. The molecule has 2 heterocycles. The standard InChI is InChI=1S/C6H5N3O/c10-5-8-4-7-9-3-1-2-6(8)9/h1-5H. The molecule has 0 amide bonds. The van der Waals surface area contributed by atoms with E-state index < -0.39 is 0 Å². The third-order valence-electron chi connectivity index (χ3n) is 1.39. The lowest BCUT2D eigenvalue weighted by Gasteiger charge is -1.82. The van der Waals surface area contributed by atoms with Gasteiger partial charge in [-0.15, -0.1) is 0 Å². The van der Waals surface area contributed by atoms with Crippen LogP contribution in [0.5, 0.6) is 0 Å². The Kier molecular flexibility index (Phi) is 0.887. The zero-order valence-corrected chi connectivity index (χ0v) is 5.14. The Morgan fingerprint density at radius 2 is 2.50 bits per heavy atom. The second-order valence-electron chi connectivity index (χ2n) is 1.95. The Hall–Kier alpha value is -1.58. The van der Waals surface area contributed by atoms with E-state index in [1.54, 1.807) is 10.7 Å². The van der Waals surface area contributed by atoms with Gasteiger partial charge in [-0.2, -0.15) is 5.10 Å². The molecular formula is C6H5N3O. The monoisotopic (exact) mass is 135 g/mol. The third kappa shape index (κ3) is 0.500. The fourth-order valence-corrected chi connectivity index (χ4v) is 0.917. The SMILES string of the molecule is O=Cn1cnn2cccc12. The van der Waals surface area contributed by atoms with E-state index in [9.17, 15) is 4.79 Å². The minimum absolute atomic E-state index is 0.725. The molecule has 0 aliphatic heterocycles. The lowest BCUT2D eigenvalue weighted by molar-refractivity contribution is 0.548. The first-order valence-corrected chi connectivity index (χ1v) is 2.87. The molecule has 0 aliphatic carbocycles. The van der Waals surface area contributed by atoms with Crippen molar-refractivity contribution in [3.63, 3.8) is 0 Å². The molecule has 10 heavy (non-hydrogen) atoms. The Balaban J connectivity index is 2.88. The van der Waals surface area contributed by atoms with Gasteiger partial charge in [0.25, 0.3) is 0 Å². The van der Waals surface area contributed by atoms with Crippen molar-refractivity contribution in [1.82, 2.24) is 14.2 Å².